The third-order valence-corrected chi connectivity index (χ3v) is 4.55. The van der Waals surface area contributed by atoms with Crippen molar-refractivity contribution >= 4 is 17.8 Å². The predicted octanol–water partition coefficient (Wildman–Crippen LogP) is 2.59. The monoisotopic (exact) mass is 408 g/mol. The molecule has 2 heterocycles. The van der Waals surface area contributed by atoms with Crippen molar-refractivity contribution in [3.63, 3.8) is 0 Å². The number of fused-ring (bicyclic) bond motifs is 1. The van der Waals surface area contributed by atoms with Crippen LogP contribution in [0.3, 0.4) is 0 Å². The molecule has 1 aliphatic heterocycles. The minimum Gasteiger partial charge on any atom is -0.496 e. The van der Waals surface area contributed by atoms with E-state index < -0.39 is 5.91 Å². The fourth-order valence-electron chi connectivity index (χ4n) is 3.07. The molecule has 0 atom stereocenters. The quantitative estimate of drug-likeness (QED) is 0.602. The summed E-state index contributed by atoms with van der Waals surface area (Å²) in [4.78, 5) is 15.9. The second kappa shape index (κ2) is 8.16. The van der Waals surface area contributed by atoms with Crippen LogP contribution >= 0.6 is 0 Å². The summed E-state index contributed by atoms with van der Waals surface area (Å²) in [5, 5.41) is 4.03. The van der Waals surface area contributed by atoms with Crippen LogP contribution in [0.25, 0.3) is 0 Å². The summed E-state index contributed by atoms with van der Waals surface area (Å²) in [6.07, 6.45) is 3.12. The number of rotatable bonds is 7. The highest BCUT2D eigenvalue weighted by atomic mass is 16.7. The largest absolute Gasteiger partial charge is 0.496 e. The van der Waals surface area contributed by atoms with Crippen molar-refractivity contribution in [2.45, 2.75) is 6.61 Å². The number of hydrogen-bond donors (Lipinski definition) is 1. The van der Waals surface area contributed by atoms with E-state index in [-0.39, 0.29) is 19.1 Å². The van der Waals surface area contributed by atoms with Crippen LogP contribution in [-0.2, 0) is 13.7 Å². The van der Waals surface area contributed by atoms with Gasteiger partial charge in [-0.05, 0) is 35.9 Å². The molecule has 1 aliphatic rings. The summed E-state index contributed by atoms with van der Waals surface area (Å²) in [7, 11) is 3.24. The minimum absolute atomic E-state index is 0.211. The van der Waals surface area contributed by atoms with Gasteiger partial charge >= 0.3 is 0 Å². The number of methoxy groups -OCH3 is 1. The zero-order chi connectivity index (χ0) is 21.1. The molecule has 0 spiro atoms. The SMILES string of the molecule is COc1ccc(C=Nc2cnn(C)c2C(N)=O)cc1COc1ccc2c(c1)OCO2. The lowest BCUT2D eigenvalue weighted by Crippen LogP contribution is -2.15. The van der Waals surface area contributed by atoms with Gasteiger partial charge in [0.05, 0.1) is 13.3 Å². The summed E-state index contributed by atoms with van der Waals surface area (Å²) in [5.74, 6) is 2.11. The maximum absolute atomic E-state index is 11.6. The first kappa shape index (κ1) is 19.3. The molecule has 0 bridgehead atoms. The van der Waals surface area contributed by atoms with Gasteiger partial charge in [0, 0.05) is 24.9 Å². The van der Waals surface area contributed by atoms with Crippen LogP contribution in [0, 0.1) is 0 Å². The van der Waals surface area contributed by atoms with Crippen LogP contribution in [0.2, 0.25) is 0 Å². The standard InChI is InChI=1S/C21H20N4O5/c1-25-20(21(22)26)16(10-24-25)23-9-13-3-5-17(27-2)14(7-13)11-28-15-4-6-18-19(8-15)30-12-29-18/h3-10H,11-12H2,1-2H3,(H2,22,26). The van der Waals surface area contributed by atoms with Gasteiger partial charge in [-0.15, -0.1) is 0 Å². The summed E-state index contributed by atoms with van der Waals surface area (Å²) < 4.78 is 23.4. The Morgan fingerprint density at radius 3 is 2.90 bits per heavy atom. The Labute approximate surface area is 172 Å². The maximum atomic E-state index is 11.6. The van der Waals surface area contributed by atoms with Crippen LogP contribution in [0.5, 0.6) is 23.0 Å². The molecule has 1 amide bonds. The molecule has 9 nitrogen and oxygen atoms in total. The number of amides is 1. The van der Waals surface area contributed by atoms with Gasteiger partial charge in [-0.1, -0.05) is 0 Å². The highest BCUT2D eigenvalue weighted by Crippen LogP contribution is 2.35. The molecule has 30 heavy (non-hydrogen) atoms. The molecule has 0 saturated carbocycles. The van der Waals surface area contributed by atoms with E-state index in [1.807, 2.05) is 30.3 Å². The molecule has 2 aromatic carbocycles. The van der Waals surface area contributed by atoms with Crippen LogP contribution in [0.15, 0.2) is 47.6 Å². The van der Waals surface area contributed by atoms with Gasteiger partial charge < -0.3 is 24.7 Å². The molecule has 0 saturated heterocycles. The zero-order valence-electron chi connectivity index (χ0n) is 16.5. The highest BCUT2D eigenvalue weighted by Gasteiger charge is 2.15. The number of aromatic nitrogens is 2. The molecule has 0 fully saturated rings. The number of aliphatic imine (C=N–C) groups is 1. The van der Waals surface area contributed by atoms with E-state index in [1.54, 1.807) is 26.4 Å². The Hall–Kier alpha value is -4.01. The smallest absolute Gasteiger partial charge is 0.269 e. The molecule has 2 N–H and O–H groups in total. The molecule has 0 radical (unpaired) electrons. The van der Waals surface area contributed by atoms with Crippen molar-refractivity contribution in [2.75, 3.05) is 13.9 Å². The Morgan fingerprint density at radius 1 is 1.27 bits per heavy atom. The minimum atomic E-state index is -0.588. The lowest BCUT2D eigenvalue weighted by Gasteiger charge is -2.11. The average molecular weight is 408 g/mol. The lowest BCUT2D eigenvalue weighted by atomic mass is 10.1. The first-order valence-electron chi connectivity index (χ1n) is 9.10. The number of aryl methyl sites for hydroxylation is 1. The molecule has 0 unspecified atom stereocenters. The van der Waals surface area contributed by atoms with E-state index >= 15 is 0 Å². The number of carbonyl (C=O) groups is 1. The Kier molecular flexibility index (Phi) is 5.25. The highest BCUT2D eigenvalue weighted by molar-refractivity contribution is 5.97. The topological polar surface area (TPSA) is 110 Å². The van der Waals surface area contributed by atoms with Crippen molar-refractivity contribution < 1.29 is 23.7 Å². The van der Waals surface area contributed by atoms with Gasteiger partial charge in [-0.3, -0.25) is 14.5 Å². The second-order valence-electron chi connectivity index (χ2n) is 6.50. The third kappa shape index (κ3) is 3.90. The normalized spacial score (nSPS) is 12.3. The number of nitrogens with two attached hydrogens (primary N) is 1. The van der Waals surface area contributed by atoms with Crippen molar-refractivity contribution in [1.29, 1.82) is 0 Å². The fourth-order valence-corrected chi connectivity index (χ4v) is 3.07. The van der Waals surface area contributed by atoms with E-state index in [2.05, 4.69) is 10.1 Å². The van der Waals surface area contributed by atoms with Gasteiger partial charge in [-0.25, -0.2) is 0 Å². The summed E-state index contributed by atoms with van der Waals surface area (Å²) in [6.45, 7) is 0.492. The molecule has 4 rings (SSSR count). The van der Waals surface area contributed by atoms with E-state index in [4.69, 9.17) is 24.7 Å². The Bertz CT molecular complexity index is 1120. The van der Waals surface area contributed by atoms with Crippen LogP contribution in [-0.4, -0.2) is 35.8 Å². The molecule has 154 valence electrons. The predicted molar refractivity (Wildman–Crippen MR) is 109 cm³/mol. The molecule has 3 aromatic rings. The maximum Gasteiger partial charge on any atom is 0.269 e. The van der Waals surface area contributed by atoms with Crippen LogP contribution < -0.4 is 24.7 Å². The van der Waals surface area contributed by atoms with Crippen LogP contribution in [0.1, 0.15) is 21.6 Å². The molecule has 1 aromatic heterocycles. The number of carbonyl (C=O) groups excluding carboxylic acids is 1. The summed E-state index contributed by atoms with van der Waals surface area (Å²) in [5.41, 5.74) is 7.68. The molecular formula is C21H20N4O5. The first-order chi connectivity index (χ1) is 14.5. The number of hydrogen-bond acceptors (Lipinski definition) is 7. The lowest BCUT2D eigenvalue weighted by molar-refractivity contribution is 0.0992. The van der Waals surface area contributed by atoms with Crippen LogP contribution in [0.4, 0.5) is 5.69 Å². The van der Waals surface area contributed by atoms with Crippen molar-refractivity contribution in [3.8, 4) is 23.0 Å². The molecule has 9 heteroatoms. The van der Waals surface area contributed by atoms with E-state index in [0.717, 1.165) is 11.1 Å². The van der Waals surface area contributed by atoms with E-state index in [1.165, 1.54) is 10.9 Å². The Morgan fingerprint density at radius 2 is 2.10 bits per heavy atom. The van der Waals surface area contributed by atoms with Gasteiger partial charge in [0.15, 0.2) is 17.2 Å². The number of ether oxygens (including phenoxy) is 4. The molecular weight excluding hydrogens is 388 g/mol. The van der Waals surface area contributed by atoms with Gasteiger partial charge in [0.2, 0.25) is 6.79 Å². The number of primary amides is 1. The van der Waals surface area contributed by atoms with E-state index in [0.29, 0.717) is 28.7 Å². The third-order valence-electron chi connectivity index (χ3n) is 4.55. The van der Waals surface area contributed by atoms with E-state index in [9.17, 15) is 4.79 Å². The first-order valence-corrected chi connectivity index (χ1v) is 9.10. The van der Waals surface area contributed by atoms with Gasteiger partial charge in [-0.2, -0.15) is 5.10 Å². The fraction of sp³-hybridized carbons (Fsp3) is 0.190. The Balaban J connectivity index is 1.53. The van der Waals surface area contributed by atoms with Gasteiger partial charge in [0.1, 0.15) is 23.8 Å². The number of nitrogens with zero attached hydrogens (tertiary/aromatic N) is 3. The van der Waals surface area contributed by atoms with Crippen molar-refractivity contribution in [3.05, 3.63) is 59.4 Å². The summed E-state index contributed by atoms with van der Waals surface area (Å²) in [6, 6.07) is 11.0. The molecule has 0 aliphatic carbocycles. The summed E-state index contributed by atoms with van der Waals surface area (Å²) >= 11 is 0. The second-order valence-corrected chi connectivity index (χ2v) is 6.50. The number of benzene rings is 2. The van der Waals surface area contributed by atoms with Crippen molar-refractivity contribution in [1.82, 2.24) is 9.78 Å². The van der Waals surface area contributed by atoms with Gasteiger partial charge in [0.25, 0.3) is 5.91 Å². The zero-order valence-corrected chi connectivity index (χ0v) is 16.5. The van der Waals surface area contributed by atoms with Crippen molar-refractivity contribution in [2.24, 2.45) is 17.8 Å². The average Bonchev–Trinajstić information content (AvgIpc) is 3.36.